The van der Waals surface area contributed by atoms with Crippen molar-refractivity contribution in [1.82, 2.24) is 31.4 Å². The fourth-order valence-electron chi connectivity index (χ4n) is 5.44. The fraction of sp³-hybridized carbons (Fsp3) is 0.217. The van der Waals surface area contributed by atoms with Crippen LogP contribution in [0.1, 0.15) is 62.0 Å². The van der Waals surface area contributed by atoms with E-state index < -0.39 is 76.9 Å². The monoisotopic (exact) mass is 999 g/mol. The number of nitrogens with zero attached hydrogens (tertiary/aromatic N) is 5. The summed E-state index contributed by atoms with van der Waals surface area (Å²) in [6.45, 7) is 16.0. The largest absolute Gasteiger partial charge is 0.480 e. The summed E-state index contributed by atoms with van der Waals surface area (Å²) in [4.78, 5) is 52.3. The number of carboxylic acids is 1. The first kappa shape index (κ1) is 60.2. The SMILES string of the molecule is C.C.NNC(=O)c1ccccc1.On1nnc2ccccc21.[C-]#[N+]c1ccc(N[C@@H](C(=O)NNC(=O)c2ccccc2)[C@H](C)O)cc1C(F)(F)F.[C-]#[N+]c1ccc(N[C@@H](C(=O)O)[C@H](C)O)cc1C(F)(F)F.[HH]. The van der Waals surface area contributed by atoms with Crippen LogP contribution in [0.15, 0.2) is 121 Å². The molecule has 3 amide bonds. The molecule has 1 heterocycles. The summed E-state index contributed by atoms with van der Waals surface area (Å²) in [5, 5.41) is 48.8. The number of nitrogens with two attached hydrogens (primary N) is 1. The van der Waals surface area contributed by atoms with Crippen LogP contribution in [-0.2, 0) is 21.9 Å². The van der Waals surface area contributed by atoms with Gasteiger partial charge in [0.15, 0.2) is 17.4 Å². The Bertz CT molecular complexity index is 2770. The van der Waals surface area contributed by atoms with Crippen molar-refractivity contribution in [3.05, 3.63) is 166 Å². The van der Waals surface area contributed by atoms with Crippen molar-refractivity contribution in [2.75, 3.05) is 10.6 Å². The molecule has 0 saturated heterocycles. The topological polar surface area (TPSA) is 275 Å². The Kier molecular flexibility index (Phi) is 23.7. The Labute approximate surface area is 403 Å². The molecular formula is C46H51F6N11O8. The van der Waals surface area contributed by atoms with Gasteiger partial charge in [0, 0.05) is 23.9 Å². The molecule has 6 aromatic rings. The van der Waals surface area contributed by atoms with E-state index in [2.05, 4.69) is 41.5 Å². The normalized spacial score (nSPS) is 12.0. The Morgan fingerprint density at radius 1 is 0.662 bits per heavy atom. The third-order valence-electron chi connectivity index (χ3n) is 8.84. The number of benzene rings is 5. The van der Waals surface area contributed by atoms with Gasteiger partial charge in [-0.15, -0.1) is 5.10 Å². The highest BCUT2D eigenvalue weighted by Crippen LogP contribution is 2.39. The first-order valence-corrected chi connectivity index (χ1v) is 19.5. The minimum atomic E-state index is -4.76. The molecule has 0 fully saturated rings. The Balaban J connectivity index is 0.00000101. The Morgan fingerprint density at radius 2 is 1.08 bits per heavy atom. The number of rotatable bonds is 10. The summed E-state index contributed by atoms with van der Waals surface area (Å²) >= 11 is 0. The van der Waals surface area contributed by atoms with Gasteiger partial charge in [0.05, 0.1) is 36.5 Å². The van der Waals surface area contributed by atoms with Crippen LogP contribution in [0.5, 0.6) is 0 Å². The zero-order valence-corrected chi connectivity index (χ0v) is 35.9. The number of hydrazine groups is 2. The van der Waals surface area contributed by atoms with E-state index in [4.69, 9.17) is 29.3 Å². The molecule has 19 nitrogen and oxygen atoms in total. The minimum Gasteiger partial charge on any atom is -0.480 e. The molecule has 0 spiro atoms. The van der Waals surface area contributed by atoms with Crippen molar-refractivity contribution in [3.8, 4) is 0 Å². The van der Waals surface area contributed by atoms with Gasteiger partial charge in [-0.2, -0.15) is 26.3 Å². The Hall–Kier alpha value is -8.78. The van der Waals surface area contributed by atoms with Gasteiger partial charge >= 0.3 is 18.3 Å². The third kappa shape index (κ3) is 18.3. The maximum absolute atomic E-state index is 13.1. The predicted molar refractivity (Wildman–Crippen MR) is 252 cm³/mol. The van der Waals surface area contributed by atoms with Crippen molar-refractivity contribution < 1.29 is 67.5 Å². The second-order valence-electron chi connectivity index (χ2n) is 13.9. The summed E-state index contributed by atoms with van der Waals surface area (Å²) in [5.74, 6) is 1.77. The number of hydrogen-bond donors (Lipinski definition) is 10. The number of aromatic nitrogens is 3. The van der Waals surface area contributed by atoms with E-state index in [9.17, 15) is 55.7 Å². The second-order valence-corrected chi connectivity index (χ2v) is 13.9. The summed E-state index contributed by atoms with van der Waals surface area (Å²) < 4.78 is 77.5. The summed E-state index contributed by atoms with van der Waals surface area (Å²) in [7, 11) is 0. The van der Waals surface area contributed by atoms with E-state index in [0.29, 0.717) is 28.7 Å². The molecule has 0 bridgehead atoms. The number of aliphatic hydroxyl groups is 2. The van der Waals surface area contributed by atoms with E-state index in [1.807, 2.05) is 23.6 Å². The standard InChI is InChI=1S/C19H17F3N4O3.C12H11F3N2O3.C7H8N2O.C6H5N3O.2CH4.H2/c1-11(27)16(18(29)26-25-17(28)12-6-4-3-5-7-12)24-13-8-9-15(23-2)14(10-13)19(20,21)22;1-6(18)10(11(19)20)17-7-3-4-9(16-2)8(5-7)12(13,14)15;8-9-7(10)6-4-2-1-3-5-6;10-9-6-4-2-1-3-5(6)7-8-9;;;/h3-11,16,24,27H,1H3,(H,25,28)(H,26,29);3-6,10,17-18H,1H3,(H,19,20);1-5H,8H2,(H,9,10);1-4,10H;2*1H4;1H/t11-,16+;6-,10+;;;;;/m00...../s1. The average Bonchev–Trinajstić information content (AvgIpc) is 3.71. The lowest BCUT2D eigenvalue weighted by molar-refractivity contribution is -0.140. The first-order valence-electron chi connectivity index (χ1n) is 19.5. The maximum Gasteiger partial charge on any atom is 0.407 e. The van der Waals surface area contributed by atoms with Crippen LogP contribution in [0, 0.1) is 13.1 Å². The molecule has 0 radical (unpaired) electrons. The third-order valence-corrected chi connectivity index (χ3v) is 8.84. The maximum atomic E-state index is 13.1. The highest BCUT2D eigenvalue weighted by molar-refractivity contribution is 5.96. The molecular weight excluding hydrogens is 949 g/mol. The molecule has 5 aromatic carbocycles. The van der Waals surface area contributed by atoms with Gasteiger partial charge in [0.2, 0.25) is 0 Å². The summed E-state index contributed by atoms with van der Waals surface area (Å²) in [5.41, 5.74) is 4.75. The number of carbonyl (C=O) groups excluding carboxylic acids is 3. The van der Waals surface area contributed by atoms with Crippen molar-refractivity contribution in [1.29, 1.82) is 0 Å². The van der Waals surface area contributed by atoms with Gasteiger partial charge in [0.1, 0.15) is 17.1 Å². The lowest BCUT2D eigenvalue weighted by Crippen LogP contribution is -2.52. The number of aliphatic carboxylic acids is 1. The first-order chi connectivity index (χ1) is 32.5. The van der Waals surface area contributed by atoms with E-state index in [1.54, 1.807) is 54.6 Å². The molecule has 0 aliphatic carbocycles. The van der Waals surface area contributed by atoms with Crippen LogP contribution in [0.3, 0.4) is 0 Å². The van der Waals surface area contributed by atoms with E-state index in [1.165, 1.54) is 32.0 Å². The van der Waals surface area contributed by atoms with Crippen LogP contribution >= 0.6 is 0 Å². The van der Waals surface area contributed by atoms with Crippen LogP contribution in [0.2, 0.25) is 0 Å². The lowest BCUT2D eigenvalue weighted by atomic mass is 10.1. The number of carbonyl (C=O) groups is 4. The van der Waals surface area contributed by atoms with E-state index >= 15 is 0 Å². The fourth-order valence-corrected chi connectivity index (χ4v) is 5.44. The van der Waals surface area contributed by atoms with Gasteiger partial charge in [-0.05, 0) is 79.7 Å². The van der Waals surface area contributed by atoms with Crippen molar-refractivity contribution in [2.24, 2.45) is 5.84 Å². The highest BCUT2D eigenvalue weighted by atomic mass is 19.4. The number of halogens is 6. The molecule has 0 aliphatic heterocycles. The highest BCUT2D eigenvalue weighted by Gasteiger charge is 2.35. The average molecular weight is 1000 g/mol. The smallest absolute Gasteiger partial charge is 0.407 e. The molecule has 6 rings (SSSR count). The number of aliphatic hydroxyl groups excluding tert-OH is 2. The molecule has 11 N–H and O–H groups in total. The molecule has 0 saturated carbocycles. The number of amides is 3. The van der Waals surface area contributed by atoms with Crippen LogP contribution < -0.4 is 32.8 Å². The number of para-hydroxylation sites is 1. The van der Waals surface area contributed by atoms with E-state index in [-0.39, 0.29) is 39.1 Å². The van der Waals surface area contributed by atoms with Gasteiger partial charge in [-0.3, -0.25) is 30.7 Å². The van der Waals surface area contributed by atoms with Gasteiger partial charge < -0.3 is 31.2 Å². The molecule has 1 aromatic heterocycles. The molecule has 4 atom stereocenters. The van der Waals surface area contributed by atoms with Crippen LogP contribution in [0.25, 0.3) is 20.7 Å². The summed E-state index contributed by atoms with van der Waals surface area (Å²) in [6, 6.07) is 26.7. The molecule has 0 aliphatic rings. The van der Waals surface area contributed by atoms with E-state index in [0.717, 1.165) is 23.0 Å². The number of hydrogen-bond acceptors (Lipinski definition) is 12. The quantitative estimate of drug-likeness (QED) is 0.0157. The number of anilines is 2. The number of nitrogen functional groups attached to an aromatic ring is 1. The lowest BCUT2D eigenvalue weighted by Gasteiger charge is -2.23. The summed E-state index contributed by atoms with van der Waals surface area (Å²) in [6.07, 6.45) is -12.1. The van der Waals surface area contributed by atoms with Crippen LogP contribution in [-0.4, -0.2) is 83.7 Å². The number of fused-ring (bicyclic) bond motifs is 1. The molecule has 380 valence electrons. The molecule has 25 heteroatoms. The molecule has 71 heavy (non-hydrogen) atoms. The van der Waals surface area contributed by atoms with Gasteiger partial charge in [-0.1, -0.05) is 80.4 Å². The van der Waals surface area contributed by atoms with Crippen molar-refractivity contribution in [3.63, 3.8) is 0 Å². The predicted octanol–water partition coefficient (Wildman–Crippen LogP) is 7.86. The minimum absolute atomic E-state index is 0. The zero-order valence-electron chi connectivity index (χ0n) is 35.9. The van der Waals surface area contributed by atoms with Gasteiger partial charge in [-0.25, -0.2) is 20.3 Å². The second kappa shape index (κ2) is 27.9. The number of nitrogens with one attached hydrogen (secondary N) is 5. The van der Waals surface area contributed by atoms with Crippen LogP contribution in [0.4, 0.5) is 49.1 Å². The van der Waals surface area contributed by atoms with Gasteiger partial charge in [0.25, 0.3) is 17.7 Å². The Morgan fingerprint density at radius 3 is 1.48 bits per heavy atom. The number of alkyl halides is 6. The molecule has 0 unspecified atom stereocenters. The van der Waals surface area contributed by atoms with Crippen molar-refractivity contribution >= 4 is 57.5 Å². The number of carboxylic acid groups (broad SMARTS) is 1. The zero-order chi connectivity index (χ0) is 51.5. The van der Waals surface area contributed by atoms with Crippen molar-refractivity contribution in [2.45, 2.75) is 65.3 Å².